The predicted molar refractivity (Wildman–Crippen MR) is 121 cm³/mol. The van der Waals surface area contributed by atoms with Crippen molar-refractivity contribution in [3.8, 4) is 0 Å². The molecule has 0 aromatic carbocycles. The molecule has 0 unspecified atom stereocenters. The van der Waals surface area contributed by atoms with Crippen LogP contribution in [0.3, 0.4) is 0 Å². The molecule has 0 aliphatic heterocycles. The van der Waals surface area contributed by atoms with Crippen LogP contribution in [0.5, 0.6) is 0 Å². The van der Waals surface area contributed by atoms with Gasteiger partial charge >= 0.3 is 35.5 Å². The molecule has 0 aromatic rings. The van der Waals surface area contributed by atoms with Crippen LogP contribution < -0.4 is 0 Å². The van der Waals surface area contributed by atoms with Crippen molar-refractivity contribution < 1.29 is 52.7 Å². The van der Waals surface area contributed by atoms with Crippen molar-refractivity contribution in [3.05, 3.63) is 18.6 Å². The molecule has 0 radical (unpaired) electrons. The fourth-order valence-corrected chi connectivity index (χ4v) is 3.76. The van der Waals surface area contributed by atoms with E-state index in [4.69, 9.17) is 0 Å². The molecule has 0 spiro atoms. The zero-order valence-electron chi connectivity index (χ0n) is 17.4. The maximum Gasteiger partial charge on any atom is 0.385 e. The van der Waals surface area contributed by atoms with Crippen LogP contribution in [0, 0.1) is 0 Å². The van der Waals surface area contributed by atoms with Crippen molar-refractivity contribution in [1.29, 1.82) is 0 Å². The summed E-state index contributed by atoms with van der Waals surface area (Å²) in [5.74, 6) is -41.5. The fraction of sp³-hybridized carbons (Fsp3) is 0.750. The highest BCUT2D eigenvalue weighted by atomic mass is 127. The minimum atomic E-state index is -7.55. The maximum atomic E-state index is 14.0. The summed E-state index contributed by atoms with van der Waals surface area (Å²) < 4.78 is 167. The Morgan fingerprint density at radius 3 is 0.812 bits per heavy atom. The SMILES string of the molecule is C[Si](C)(C)C(I)=CC(F)(F)C(F)(F)C(F)(F)C(F)(F)C(F)(F)C(F)(F)C=C(I)[Si](C)(C)C. The van der Waals surface area contributed by atoms with Gasteiger partial charge in [-0.05, 0) is 18.6 Å². The van der Waals surface area contributed by atoms with Crippen LogP contribution in [0.2, 0.25) is 39.3 Å². The van der Waals surface area contributed by atoms with Gasteiger partial charge in [0.05, 0.1) is 16.1 Å². The van der Waals surface area contributed by atoms with Gasteiger partial charge in [-0.25, -0.2) is 0 Å². The monoisotopic (exact) mass is 750 g/mol. The number of hydrogen-bond donors (Lipinski definition) is 0. The zero-order chi connectivity index (χ0) is 26.6. The molecule has 0 heterocycles. The van der Waals surface area contributed by atoms with Crippen LogP contribution in [0.4, 0.5) is 52.7 Å². The second-order valence-corrected chi connectivity index (χ2v) is 23.5. The highest BCUT2D eigenvalue weighted by Crippen LogP contribution is 2.61. The van der Waals surface area contributed by atoms with Gasteiger partial charge in [0.15, 0.2) is 0 Å². The van der Waals surface area contributed by atoms with E-state index in [1.54, 1.807) is 0 Å². The second kappa shape index (κ2) is 9.20. The average Bonchev–Trinajstić information content (AvgIpc) is 2.51. The number of halogens is 14. The van der Waals surface area contributed by atoms with E-state index in [1.165, 1.54) is 39.3 Å². The highest BCUT2D eigenvalue weighted by Gasteiger charge is 2.89. The van der Waals surface area contributed by atoms with Crippen LogP contribution in [0.1, 0.15) is 0 Å². The van der Waals surface area contributed by atoms with Crippen LogP contribution in [0.15, 0.2) is 18.6 Å². The average molecular weight is 750 g/mol. The van der Waals surface area contributed by atoms with Gasteiger partial charge in [0, 0.05) is 0 Å². The van der Waals surface area contributed by atoms with E-state index in [9.17, 15) is 52.7 Å². The molecule has 0 aliphatic rings. The summed E-state index contributed by atoms with van der Waals surface area (Å²) >= 11 is 2.23. The Labute approximate surface area is 206 Å². The summed E-state index contributed by atoms with van der Waals surface area (Å²) in [7, 11) is -5.66. The Morgan fingerprint density at radius 2 is 0.656 bits per heavy atom. The summed E-state index contributed by atoms with van der Waals surface area (Å²) in [6.45, 7) is 7.96. The third kappa shape index (κ3) is 5.84. The minimum absolute atomic E-state index is 0.552. The number of hydrogen-bond acceptors (Lipinski definition) is 0. The first-order chi connectivity index (χ1) is 13.5. The molecular formula is C16H20F12I2Si2. The summed E-state index contributed by atoms with van der Waals surface area (Å²) in [6, 6.07) is 0. The van der Waals surface area contributed by atoms with Gasteiger partial charge in [0.25, 0.3) is 0 Å². The third-order valence-corrected chi connectivity index (χ3v) is 17.6. The van der Waals surface area contributed by atoms with Gasteiger partial charge in [0.2, 0.25) is 0 Å². The van der Waals surface area contributed by atoms with Crippen LogP contribution in [-0.2, 0) is 0 Å². The summed E-state index contributed by atoms with van der Waals surface area (Å²) in [6.07, 6.45) is -1.43. The first kappa shape index (κ1) is 32.5. The first-order valence-electron chi connectivity index (χ1n) is 8.55. The van der Waals surface area contributed by atoms with Crippen molar-refractivity contribution in [2.24, 2.45) is 0 Å². The lowest BCUT2D eigenvalue weighted by Gasteiger charge is -2.40. The van der Waals surface area contributed by atoms with Crippen molar-refractivity contribution in [1.82, 2.24) is 0 Å². The fourth-order valence-electron chi connectivity index (χ4n) is 1.75. The van der Waals surface area contributed by atoms with Crippen LogP contribution in [0.25, 0.3) is 0 Å². The Bertz CT molecular complexity index is 698. The van der Waals surface area contributed by atoms with E-state index in [1.807, 2.05) is 0 Å². The molecule has 16 heteroatoms. The van der Waals surface area contributed by atoms with Crippen LogP contribution in [-0.4, -0.2) is 51.7 Å². The minimum Gasteiger partial charge on any atom is -0.195 e. The Kier molecular flexibility index (Phi) is 9.35. The van der Waals surface area contributed by atoms with Crippen LogP contribution >= 0.6 is 45.2 Å². The highest BCUT2D eigenvalue weighted by molar-refractivity contribution is 14.1. The Balaban J connectivity index is 6.72. The quantitative estimate of drug-likeness (QED) is 0.125. The van der Waals surface area contributed by atoms with E-state index in [2.05, 4.69) is 0 Å². The molecule has 0 amide bonds. The maximum absolute atomic E-state index is 14.0. The van der Waals surface area contributed by atoms with Gasteiger partial charge < -0.3 is 0 Å². The van der Waals surface area contributed by atoms with E-state index >= 15 is 0 Å². The van der Waals surface area contributed by atoms with E-state index in [0.717, 1.165) is 45.2 Å². The van der Waals surface area contributed by atoms with E-state index in [-0.39, 0.29) is 0 Å². The number of allylic oxidation sites excluding steroid dienone is 2. The second-order valence-electron chi connectivity index (χ2n) is 9.03. The normalized spacial score (nSPS) is 17.1. The molecular weight excluding hydrogens is 730 g/mol. The topological polar surface area (TPSA) is 0 Å². The lowest BCUT2D eigenvalue weighted by Crippen LogP contribution is -2.70. The predicted octanol–water partition coefficient (Wildman–Crippen LogP) is 9.19. The third-order valence-electron chi connectivity index (χ3n) is 4.07. The van der Waals surface area contributed by atoms with Gasteiger partial charge in [0.1, 0.15) is 0 Å². The van der Waals surface area contributed by atoms with E-state index in [0.29, 0.717) is 0 Å². The molecule has 0 saturated carbocycles. The Hall–Kier alpha value is 0.534. The summed E-state index contributed by atoms with van der Waals surface area (Å²) in [4.78, 5) is 0. The van der Waals surface area contributed by atoms with Gasteiger partial charge in [-0.15, -0.1) is 0 Å². The first-order valence-corrected chi connectivity index (χ1v) is 17.7. The van der Waals surface area contributed by atoms with Crippen molar-refractivity contribution >= 4 is 61.3 Å². The Morgan fingerprint density at radius 1 is 0.469 bits per heavy atom. The zero-order valence-corrected chi connectivity index (χ0v) is 23.8. The summed E-state index contributed by atoms with van der Waals surface area (Å²) in [5, 5.41) is 0. The lowest BCUT2D eigenvalue weighted by atomic mass is 9.91. The lowest BCUT2D eigenvalue weighted by molar-refractivity contribution is -0.415. The molecule has 32 heavy (non-hydrogen) atoms. The molecule has 0 saturated heterocycles. The number of rotatable bonds is 9. The van der Waals surface area contributed by atoms with Crippen molar-refractivity contribution in [2.75, 3.05) is 0 Å². The molecule has 190 valence electrons. The van der Waals surface area contributed by atoms with Gasteiger partial charge in [-0.1, -0.05) is 84.5 Å². The molecule has 0 bridgehead atoms. The van der Waals surface area contributed by atoms with Crippen molar-refractivity contribution in [3.63, 3.8) is 0 Å². The molecule has 0 aromatic heterocycles. The molecule has 0 nitrogen and oxygen atoms in total. The molecule has 0 rings (SSSR count). The molecule has 0 fully saturated rings. The number of alkyl halides is 12. The largest absolute Gasteiger partial charge is 0.385 e. The van der Waals surface area contributed by atoms with E-state index < -0.39 is 70.2 Å². The van der Waals surface area contributed by atoms with Gasteiger partial charge in [-0.3, -0.25) is 0 Å². The molecule has 0 N–H and O–H groups in total. The molecule has 0 aliphatic carbocycles. The standard InChI is InChI=1S/C16H20F12I2Si2/c1-31(2,3)9(29)7-11(17,18)13(21,22)15(25,26)16(27,28)14(23,24)12(19,20)8-10(30)32(4,5)6/h7-8H,1-6H3. The van der Waals surface area contributed by atoms with Crippen molar-refractivity contribution in [2.45, 2.75) is 74.8 Å². The molecule has 0 atom stereocenters. The van der Waals surface area contributed by atoms with Gasteiger partial charge in [-0.2, -0.15) is 52.7 Å². The summed E-state index contributed by atoms with van der Waals surface area (Å²) in [5.41, 5.74) is 0. The smallest absolute Gasteiger partial charge is 0.195 e.